The van der Waals surface area contributed by atoms with E-state index in [9.17, 15) is 5.11 Å². The van der Waals surface area contributed by atoms with Gasteiger partial charge in [-0.25, -0.2) is 19.9 Å². The van der Waals surface area contributed by atoms with Crippen LogP contribution in [0.25, 0.3) is 11.0 Å². The maximum absolute atomic E-state index is 9.75. The molecule has 0 bridgehead atoms. The van der Waals surface area contributed by atoms with Crippen LogP contribution in [0.4, 0.5) is 17.3 Å². The first-order chi connectivity index (χ1) is 18.2. The molecule has 0 aliphatic heterocycles. The van der Waals surface area contributed by atoms with E-state index in [1.807, 2.05) is 36.4 Å². The van der Waals surface area contributed by atoms with Crippen molar-refractivity contribution < 1.29 is 14.6 Å². The predicted octanol–water partition coefficient (Wildman–Crippen LogP) is 4.30. The van der Waals surface area contributed by atoms with Crippen molar-refractivity contribution in [1.82, 2.24) is 24.9 Å². The van der Waals surface area contributed by atoms with Crippen molar-refractivity contribution in [1.29, 1.82) is 0 Å². The second-order valence-corrected chi connectivity index (χ2v) is 7.74. The zero-order chi connectivity index (χ0) is 25.5. The van der Waals surface area contributed by atoms with Gasteiger partial charge in [-0.05, 0) is 53.6 Å². The number of hydrazone groups is 1. The van der Waals surface area contributed by atoms with Crippen LogP contribution in [0.2, 0.25) is 0 Å². The molecule has 0 radical (unpaired) electrons. The van der Waals surface area contributed by atoms with Crippen molar-refractivity contribution in [3.8, 4) is 17.2 Å². The number of hydrogen-bond acceptors (Lipinski definition) is 11. The van der Waals surface area contributed by atoms with Gasteiger partial charge in [0, 0.05) is 24.1 Å². The summed E-state index contributed by atoms with van der Waals surface area (Å²) in [5, 5.41) is 17.3. The standard InChI is InChI=1S/C26H22N8O3/c1-36-22-11-18(5-6-21(22)35)13-32-34-26-24-23(28-16-31-26)25(30-15-29-24)33-19-3-2-4-20(12-19)37-14-17-7-9-27-10-8-17/h2-13,15-16,35H,14H2,1H3,(H,28,31,34)(H,29,30,33)/b32-13+. The molecule has 0 atom stereocenters. The van der Waals surface area contributed by atoms with Gasteiger partial charge in [0.05, 0.1) is 13.3 Å². The Morgan fingerprint density at radius 3 is 2.51 bits per heavy atom. The Morgan fingerprint density at radius 1 is 0.919 bits per heavy atom. The first kappa shape index (κ1) is 23.4. The fraction of sp³-hybridized carbons (Fsp3) is 0.0769. The lowest BCUT2D eigenvalue weighted by Crippen LogP contribution is -2.02. The van der Waals surface area contributed by atoms with Gasteiger partial charge in [-0.2, -0.15) is 5.10 Å². The van der Waals surface area contributed by atoms with E-state index in [4.69, 9.17) is 9.47 Å². The molecular weight excluding hydrogens is 472 g/mol. The van der Waals surface area contributed by atoms with Crippen LogP contribution in [0.3, 0.4) is 0 Å². The van der Waals surface area contributed by atoms with Gasteiger partial charge in [0.1, 0.15) is 36.0 Å². The molecular formula is C26H22N8O3. The highest BCUT2D eigenvalue weighted by Gasteiger charge is 2.11. The van der Waals surface area contributed by atoms with E-state index in [0.29, 0.717) is 40.8 Å². The van der Waals surface area contributed by atoms with Crippen molar-refractivity contribution >= 4 is 34.6 Å². The Bertz CT molecular complexity index is 1550. The van der Waals surface area contributed by atoms with E-state index in [-0.39, 0.29) is 5.75 Å². The molecule has 0 saturated carbocycles. The van der Waals surface area contributed by atoms with Crippen LogP contribution in [0.5, 0.6) is 17.2 Å². The highest BCUT2D eigenvalue weighted by atomic mass is 16.5. The Hall–Kier alpha value is -5.32. The molecule has 2 aromatic carbocycles. The van der Waals surface area contributed by atoms with E-state index < -0.39 is 0 Å². The van der Waals surface area contributed by atoms with Crippen molar-refractivity contribution in [2.24, 2.45) is 5.10 Å². The number of phenols is 1. The third kappa shape index (κ3) is 5.68. The highest BCUT2D eigenvalue weighted by molar-refractivity contribution is 5.93. The van der Waals surface area contributed by atoms with Crippen molar-refractivity contribution in [3.05, 3.63) is 90.8 Å². The molecule has 11 nitrogen and oxygen atoms in total. The molecule has 3 N–H and O–H groups in total. The van der Waals surface area contributed by atoms with Crippen molar-refractivity contribution in [3.63, 3.8) is 0 Å². The second kappa shape index (κ2) is 11.0. The number of pyridine rings is 1. The molecule has 3 aromatic heterocycles. The number of fused-ring (bicyclic) bond motifs is 1. The van der Waals surface area contributed by atoms with Crippen LogP contribution in [0.1, 0.15) is 11.1 Å². The molecule has 11 heteroatoms. The number of phenolic OH excluding ortho intramolecular Hbond substituents is 1. The van der Waals surface area contributed by atoms with E-state index in [1.54, 1.807) is 30.7 Å². The molecule has 0 amide bonds. The summed E-state index contributed by atoms with van der Waals surface area (Å²) in [6, 6.07) is 16.3. The van der Waals surface area contributed by atoms with Gasteiger partial charge in [-0.3, -0.25) is 10.4 Å². The van der Waals surface area contributed by atoms with Crippen molar-refractivity contribution in [2.45, 2.75) is 6.61 Å². The van der Waals surface area contributed by atoms with Crippen LogP contribution >= 0.6 is 0 Å². The largest absolute Gasteiger partial charge is 0.504 e. The molecule has 5 aromatic rings. The Labute approximate surface area is 211 Å². The molecule has 0 aliphatic carbocycles. The summed E-state index contributed by atoms with van der Waals surface area (Å²) in [5.74, 6) is 2.03. The number of anilines is 3. The molecule has 3 heterocycles. The van der Waals surface area contributed by atoms with E-state index >= 15 is 0 Å². The minimum absolute atomic E-state index is 0.0528. The third-order valence-electron chi connectivity index (χ3n) is 5.26. The number of methoxy groups -OCH3 is 1. The minimum atomic E-state index is 0.0528. The first-order valence-electron chi connectivity index (χ1n) is 11.2. The first-order valence-corrected chi connectivity index (χ1v) is 11.2. The minimum Gasteiger partial charge on any atom is -0.504 e. The van der Waals surface area contributed by atoms with Crippen molar-refractivity contribution in [2.75, 3.05) is 17.9 Å². The van der Waals surface area contributed by atoms with Crippen LogP contribution < -0.4 is 20.2 Å². The second-order valence-electron chi connectivity index (χ2n) is 7.74. The highest BCUT2D eigenvalue weighted by Crippen LogP contribution is 2.27. The maximum atomic E-state index is 9.75. The summed E-state index contributed by atoms with van der Waals surface area (Å²) >= 11 is 0. The summed E-state index contributed by atoms with van der Waals surface area (Å²) in [5.41, 5.74) is 6.43. The average molecular weight is 495 g/mol. The molecule has 0 fully saturated rings. The van der Waals surface area contributed by atoms with E-state index in [1.165, 1.54) is 25.8 Å². The van der Waals surface area contributed by atoms with Gasteiger partial charge >= 0.3 is 0 Å². The van der Waals surface area contributed by atoms with Gasteiger partial charge in [-0.15, -0.1) is 0 Å². The predicted molar refractivity (Wildman–Crippen MR) is 139 cm³/mol. The van der Waals surface area contributed by atoms with Crippen LogP contribution in [0, 0.1) is 0 Å². The summed E-state index contributed by atoms with van der Waals surface area (Å²) in [6.07, 6.45) is 7.88. The summed E-state index contributed by atoms with van der Waals surface area (Å²) in [6.45, 7) is 0.433. The smallest absolute Gasteiger partial charge is 0.176 e. The molecule has 0 spiro atoms. The van der Waals surface area contributed by atoms with Crippen LogP contribution in [-0.2, 0) is 6.61 Å². The monoisotopic (exact) mass is 494 g/mol. The van der Waals surface area contributed by atoms with E-state index in [0.717, 1.165) is 16.8 Å². The lowest BCUT2D eigenvalue weighted by atomic mass is 10.2. The number of hydrogen-bond donors (Lipinski definition) is 3. The Kier molecular flexibility index (Phi) is 6.93. The molecule has 0 unspecified atom stereocenters. The molecule has 0 aliphatic rings. The zero-order valence-electron chi connectivity index (χ0n) is 19.7. The lowest BCUT2D eigenvalue weighted by molar-refractivity contribution is 0.306. The van der Waals surface area contributed by atoms with Crippen LogP contribution in [0.15, 0.2) is 84.7 Å². The van der Waals surface area contributed by atoms with Gasteiger partial charge in [-0.1, -0.05) is 6.07 Å². The van der Waals surface area contributed by atoms with E-state index in [2.05, 4.69) is 40.8 Å². The number of benzene rings is 2. The number of nitrogens with zero attached hydrogens (tertiary/aromatic N) is 6. The number of aromatic hydroxyl groups is 1. The van der Waals surface area contributed by atoms with Gasteiger partial charge in [0.2, 0.25) is 0 Å². The van der Waals surface area contributed by atoms with Gasteiger partial charge in [0.25, 0.3) is 0 Å². The molecule has 5 rings (SSSR count). The SMILES string of the molecule is COc1cc(/C=N/Nc2ncnc3c(Nc4cccc(OCc5ccncc5)c4)ncnc23)ccc1O. The summed E-state index contributed by atoms with van der Waals surface area (Å²) in [7, 11) is 1.48. The topological polar surface area (TPSA) is 140 Å². The third-order valence-corrected chi connectivity index (χ3v) is 5.26. The van der Waals surface area contributed by atoms with Crippen LogP contribution in [-0.4, -0.2) is 43.4 Å². The fourth-order valence-corrected chi connectivity index (χ4v) is 3.44. The number of nitrogens with one attached hydrogen (secondary N) is 2. The maximum Gasteiger partial charge on any atom is 0.176 e. The number of aromatic nitrogens is 5. The fourth-order valence-electron chi connectivity index (χ4n) is 3.44. The van der Waals surface area contributed by atoms with Gasteiger partial charge in [0.15, 0.2) is 23.1 Å². The quantitative estimate of drug-likeness (QED) is 0.201. The molecule has 37 heavy (non-hydrogen) atoms. The summed E-state index contributed by atoms with van der Waals surface area (Å²) in [4.78, 5) is 21.3. The number of ether oxygens (including phenoxy) is 2. The Balaban J connectivity index is 1.32. The van der Waals surface area contributed by atoms with Gasteiger partial charge < -0.3 is 19.9 Å². The number of rotatable bonds is 9. The summed E-state index contributed by atoms with van der Waals surface area (Å²) < 4.78 is 11.0. The normalized spacial score (nSPS) is 10.9. The lowest BCUT2D eigenvalue weighted by Gasteiger charge is -2.11. The molecule has 0 saturated heterocycles. The average Bonchev–Trinajstić information content (AvgIpc) is 2.94. The Morgan fingerprint density at radius 2 is 1.70 bits per heavy atom. The molecule has 184 valence electrons. The zero-order valence-corrected chi connectivity index (χ0v) is 19.7.